The summed E-state index contributed by atoms with van der Waals surface area (Å²) < 4.78 is 0.185. The quantitative estimate of drug-likeness (QED) is 0.365. The largest absolute Gasteiger partial charge is 0.478 e. The van der Waals surface area contributed by atoms with Gasteiger partial charge in [-0.05, 0) is 0 Å². The lowest BCUT2D eigenvalue weighted by molar-refractivity contribution is 0.162. The van der Waals surface area contributed by atoms with Crippen LogP contribution < -0.4 is 11.2 Å². The average molecular weight is 184 g/mol. The molecule has 2 heterocycles. The van der Waals surface area contributed by atoms with Gasteiger partial charge in [0.05, 0.1) is 0 Å². The van der Waals surface area contributed by atoms with E-state index in [2.05, 4.69) is 9.97 Å². The van der Waals surface area contributed by atoms with Crippen molar-refractivity contribution in [3.63, 3.8) is 0 Å². The van der Waals surface area contributed by atoms with Gasteiger partial charge in [0.15, 0.2) is 11.2 Å². The summed E-state index contributed by atoms with van der Waals surface area (Å²) in [6.07, 6.45) is 0. The number of rotatable bonds is 0. The third-order valence-electron chi connectivity index (χ3n) is 1.51. The van der Waals surface area contributed by atoms with E-state index >= 15 is 0 Å². The van der Waals surface area contributed by atoms with Crippen LogP contribution in [0.4, 0.5) is 0 Å². The zero-order valence-corrected chi connectivity index (χ0v) is 6.11. The topological polar surface area (TPSA) is 124 Å². The van der Waals surface area contributed by atoms with Gasteiger partial charge in [0.2, 0.25) is 0 Å². The van der Waals surface area contributed by atoms with Gasteiger partial charge < -0.3 is 10.3 Å². The van der Waals surface area contributed by atoms with Crippen LogP contribution in [0.1, 0.15) is 0 Å². The van der Waals surface area contributed by atoms with E-state index in [0.717, 1.165) is 0 Å². The van der Waals surface area contributed by atoms with Crippen molar-refractivity contribution in [2.75, 3.05) is 0 Å². The van der Waals surface area contributed by atoms with Crippen molar-refractivity contribution in [3.05, 3.63) is 20.8 Å². The molecule has 8 nitrogen and oxygen atoms in total. The zero-order valence-electron chi connectivity index (χ0n) is 6.11. The normalized spacial score (nSPS) is 10.8. The van der Waals surface area contributed by atoms with Gasteiger partial charge in [0, 0.05) is 0 Å². The first kappa shape index (κ1) is 7.40. The first-order chi connectivity index (χ1) is 6.09. The summed E-state index contributed by atoms with van der Waals surface area (Å²) in [4.78, 5) is 29.1. The zero-order chi connectivity index (χ0) is 9.59. The highest BCUT2D eigenvalue weighted by molar-refractivity contribution is 5.69. The number of hydrogen-bond acceptors (Lipinski definition) is 5. The van der Waals surface area contributed by atoms with E-state index in [-0.39, 0.29) is 15.9 Å². The fourth-order valence-corrected chi connectivity index (χ4v) is 0.993. The van der Waals surface area contributed by atoms with Crippen LogP contribution in [0.25, 0.3) is 11.2 Å². The molecule has 13 heavy (non-hydrogen) atoms. The van der Waals surface area contributed by atoms with Gasteiger partial charge in [-0.1, -0.05) is 0 Å². The number of nitrogens with one attached hydrogen (secondary N) is 2. The fourth-order valence-electron chi connectivity index (χ4n) is 0.993. The minimum Gasteiger partial charge on any atom is -0.478 e. The van der Waals surface area contributed by atoms with Crippen LogP contribution in [0.2, 0.25) is 0 Å². The Kier molecular flexibility index (Phi) is 1.21. The molecular formula is C5H4N4O4. The lowest BCUT2D eigenvalue weighted by Crippen LogP contribution is -2.22. The Morgan fingerprint density at radius 2 is 2.00 bits per heavy atom. The number of nitrogens with zero attached hydrogens (tertiary/aromatic N) is 2. The molecule has 0 bridgehead atoms. The predicted octanol–water partition coefficient (Wildman–Crippen LogP) is -1.64. The Morgan fingerprint density at radius 3 is 2.69 bits per heavy atom. The van der Waals surface area contributed by atoms with E-state index in [0.29, 0.717) is 0 Å². The van der Waals surface area contributed by atoms with Gasteiger partial charge in [0.25, 0.3) is 5.56 Å². The highest BCUT2D eigenvalue weighted by atomic mass is 16.5. The lowest BCUT2D eigenvalue weighted by Gasteiger charge is -1.90. The minimum absolute atomic E-state index is 0.172. The van der Waals surface area contributed by atoms with E-state index in [1.54, 1.807) is 0 Å². The molecule has 0 fully saturated rings. The number of aromatic amines is 2. The van der Waals surface area contributed by atoms with E-state index in [9.17, 15) is 9.59 Å². The second kappa shape index (κ2) is 2.12. The summed E-state index contributed by atoms with van der Waals surface area (Å²) in [6.45, 7) is 0. The molecule has 0 spiro atoms. The summed E-state index contributed by atoms with van der Waals surface area (Å²) in [6, 6.07) is -0.762. The van der Waals surface area contributed by atoms with Crippen LogP contribution in [0.3, 0.4) is 0 Å². The lowest BCUT2D eigenvalue weighted by atomic mass is 10.5. The molecule has 0 aliphatic rings. The van der Waals surface area contributed by atoms with Crippen molar-refractivity contribution in [1.29, 1.82) is 0 Å². The van der Waals surface area contributed by atoms with Gasteiger partial charge in [-0.2, -0.15) is 4.98 Å². The Balaban J connectivity index is 3.12. The van der Waals surface area contributed by atoms with Crippen molar-refractivity contribution in [2.45, 2.75) is 0 Å². The molecule has 0 aliphatic carbocycles. The third-order valence-corrected chi connectivity index (χ3v) is 1.51. The summed E-state index contributed by atoms with van der Waals surface area (Å²) >= 11 is 0. The van der Waals surface area contributed by atoms with E-state index in [1.165, 1.54) is 0 Å². The van der Waals surface area contributed by atoms with E-state index < -0.39 is 17.3 Å². The highest BCUT2D eigenvalue weighted by Crippen LogP contribution is 2.10. The van der Waals surface area contributed by atoms with Crippen molar-refractivity contribution < 1.29 is 10.3 Å². The molecule has 4 N–H and O–H groups in total. The van der Waals surface area contributed by atoms with Gasteiger partial charge >= 0.3 is 11.7 Å². The number of aromatic hydroxyl groups is 1. The molecule has 2 rings (SSSR count). The molecular weight excluding hydrogens is 180 g/mol. The standard InChI is InChI=1S/C5H4N4O4/c10-3-1-2(6-4(11)8-3)7-5(12)9(1)13/h13H,(H3,6,7,8,10,11,12). The van der Waals surface area contributed by atoms with Crippen LogP contribution in [0.5, 0.6) is 6.01 Å². The van der Waals surface area contributed by atoms with Crippen molar-refractivity contribution in [3.8, 4) is 6.01 Å². The Hall–Kier alpha value is -2.25. The van der Waals surface area contributed by atoms with Gasteiger partial charge in [-0.25, -0.2) is 4.79 Å². The Bertz CT molecular complexity index is 576. The summed E-state index contributed by atoms with van der Waals surface area (Å²) in [5.74, 6) is 0. The van der Waals surface area contributed by atoms with E-state index in [4.69, 9.17) is 10.3 Å². The molecule has 0 unspecified atom stereocenters. The number of fused-ring (bicyclic) bond motifs is 1. The number of imidazole rings is 1. The highest BCUT2D eigenvalue weighted by Gasteiger charge is 2.12. The first-order valence-corrected chi connectivity index (χ1v) is 3.23. The summed E-state index contributed by atoms with van der Waals surface area (Å²) in [7, 11) is 0. The molecule has 0 saturated carbocycles. The smallest absolute Gasteiger partial charge is 0.330 e. The first-order valence-electron chi connectivity index (χ1n) is 3.23. The maximum atomic E-state index is 11.0. The molecule has 0 aromatic carbocycles. The van der Waals surface area contributed by atoms with Crippen LogP contribution in [-0.4, -0.2) is 30.0 Å². The van der Waals surface area contributed by atoms with Crippen LogP contribution >= 0.6 is 0 Å². The van der Waals surface area contributed by atoms with Crippen LogP contribution in [-0.2, 0) is 0 Å². The Labute approximate surface area is 69.1 Å². The van der Waals surface area contributed by atoms with E-state index in [1.807, 2.05) is 4.98 Å². The minimum atomic E-state index is -0.825. The fraction of sp³-hybridized carbons (Fsp3) is 0. The average Bonchev–Trinajstić information content (AvgIpc) is 2.27. The second-order valence-corrected chi connectivity index (χ2v) is 2.33. The molecule has 2 aromatic rings. The molecule has 8 heteroatoms. The molecule has 0 saturated heterocycles. The van der Waals surface area contributed by atoms with Crippen molar-refractivity contribution in [1.82, 2.24) is 19.7 Å². The molecule has 68 valence electrons. The number of H-pyrrole nitrogens is 2. The maximum Gasteiger partial charge on any atom is 0.330 e. The van der Waals surface area contributed by atoms with Gasteiger partial charge in [-0.15, -0.1) is 4.73 Å². The SMILES string of the molecule is O=c1[nH]c(=O)c2c(nc(O)n2O)[nH]1. The Morgan fingerprint density at radius 1 is 1.31 bits per heavy atom. The molecule has 0 aliphatic heterocycles. The second-order valence-electron chi connectivity index (χ2n) is 2.33. The number of hydrogen-bond donors (Lipinski definition) is 4. The summed E-state index contributed by atoms with van der Waals surface area (Å²) in [5.41, 5.74) is -2.06. The maximum absolute atomic E-state index is 11.0. The van der Waals surface area contributed by atoms with Gasteiger partial charge in [0.1, 0.15) is 0 Å². The van der Waals surface area contributed by atoms with Crippen LogP contribution in [0, 0.1) is 0 Å². The van der Waals surface area contributed by atoms with Crippen LogP contribution in [0.15, 0.2) is 9.59 Å². The predicted molar refractivity (Wildman–Crippen MR) is 39.8 cm³/mol. The number of aromatic nitrogens is 4. The summed E-state index contributed by atoms with van der Waals surface area (Å²) in [5, 5.41) is 17.9. The third kappa shape index (κ3) is 0.883. The molecule has 0 radical (unpaired) electrons. The molecule has 0 atom stereocenters. The van der Waals surface area contributed by atoms with Crippen molar-refractivity contribution in [2.24, 2.45) is 0 Å². The monoisotopic (exact) mass is 184 g/mol. The molecule has 2 aromatic heterocycles. The molecule has 0 amide bonds. The van der Waals surface area contributed by atoms with Gasteiger partial charge in [-0.3, -0.25) is 14.8 Å². The van der Waals surface area contributed by atoms with Crippen molar-refractivity contribution >= 4 is 11.2 Å².